The molecule has 4 N–H and O–H groups in total. The molecule has 2 saturated heterocycles. The van der Waals surface area contributed by atoms with Crippen LogP contribution >= 0.6 is 11.8 Å². The number of carbonyl (C=O) groups excluding carboxylic acids is 3. The molecule has 3 fully saturated rings. The van der Waals surface area contributed by atoms with E-state index in [2.05, 4.69) is 37.8 Å². The molecule has 11 nitrogen and oxygen atoms in total. The van der Waals surface area contributed by atoms with Crippen molar-refractivity contribution < 1.29 is 19.1 Å². The predicted octanol–water partition coefficient (Wildman–Crippen LogP) is 2.71. The summed E-state index contributed by atoms with van der Waals surface area (Å²) < 4.78 is 5.82. The van der Waals surface area contributed by atoms with Crippen LogP contribution in [0.1, 0.15) is 31.4 Å². The molecule has 0 bridgehead atoms. The summed E-state index contributed by atoms with van der Waals surface area (Å²) >= 11 is 1.46. The van der Waals surface area contributed by atoms with E-state index < -0.39 is 0 Å². The number of anilines is 1. The summed E-state index contributed by atoms with van der Waals surface area (Å²) in [5, 5.41) is 12.6. The van der Waals surface area contributed by atoms with E-state index in [4.69, 9.17) is 4.74 Å². The fourth-order valence-electron chi connectivity index (χ4n) is 6.05. The summed E-state index contributed by atoms with van der Waals surface area (Å²) in [5.41, 5.74) is 2.03. The average molecular weight is 562 g/mol. The maximum Gasteiger partial charge on any atom is 0.326 e. The molecule has 5 heterocycles. The second kappa shape index (κ2) is 10.9. The summed E-state index contributed by atoms with van der Waals surface area (Å²) in [6.07, 6.45) is 7.75. The van der Waals surface area contributed by atoms with Crippen molar-refractivity contribution in [3.05, 3.63) is 65.6 Å². The minimum atomic E-state index is -0.285. The Morgan fingerprint density at radius 1 is 1.20 bits per heavy atom. The third-order valence-corrected chi connectivity index (χ3v) is 9.20. The molecule has 0 radical (unpaired) electrons. The normalized spacial score (nSPS) is 27.1. The van der Waals surface area contributed by atoms with E-state index >= 15 is 0 Å². The van der Waals surface area contributed by atoms with Crippen molar-refractivity contribution in [2.24, 2.45) is 5.92 Å². The molecule has 1 aliphatic carbocycles. The van der Waals surface area contributed by atoms with E-state index in [0.717, 1.165) is 32.2 Å². The van der Waals surface area contributed by atoms with Gasteiger partial charge in [0.1, 0.15) is 5.75 Å². The molecule has 2 aromatic rings. The molecule has 0 aromatic carbocycles. The van der Waals surface area contributed by atoms with Gasteiger partial charge in [-0.3, -0.25) is 19.5 Å². The van der Waals surface area contributed by atoms with Crippen LogP contribution in [0.3, 0.4) is 0 Å². The number of nitrogens with one attached hydrogen (secondary N) is 4. The van der Waals surface area contributed by atoms with Crippen molar-refractivity contribution in [2.75, 3.05) is 11.4 Å². The van der Waals surface area contributed by atoms with Crippen LogP contribution in [0.5, 0.6) is 11.6 Å². The smallest absolute Gasteiger partial charge is 0.326 e. The third-order valence-electron chi connectivity index (χ3n) is 7.84. The molecule has 6 rings (SSSR count). The lowest BCUT2D eigenvalue weighted by Gasteiger charge is -2.46. The highest BCUT2D eigenvalue weighted by molar-refractivity contribution is 8.04. The SMILES string of the molecule is C=CC(=O)N[C@H]1CCC[C@H]1NC(=O)C1=C2NC(=O)N(c3ccc(Oc4cccnc4)nc3C)C3CCNC(S1)C23. The van der Waals surface area contributed by atoms with Crippen LogP contribution in [-0.4, -0.2) is 57.9 Å². The van der Waals surface area contributed by atoms with Gasteiger partial charge in [0, 0.05) is 36.0 Å². The Labute approximate surface area is 236 Å². The number of nitrogens with zero attached hydrogens (tertiary/aromatic N) is 3. The largest absolute Gasteiger partial charge is 0.437 e. The van der Waals surface area contributed by atoms with Crippen LogP contribution in [0.4, 0.5) is 10.5 Å². The lowest BCUT2D eigenvalue weighted by atomic mass is 9.86. The van der Waals surface area contributed by atoms with Crippen LogP contribution < -0.4 is 30.9 Å². The highest BCUT2D eigenvalue weighted by atomic mass is 32.2. The number of ether oxygens (including phenoxy) is 1. The molecule has 208 valence electrons. The molecule has 3 aliphatic heterocycles. The Kier molecular flexibility index (Phi) is 7.20. The predicted molar refractivity (Wildman–Crippen MR) is 151 cm³/mol. The second-order valence-corrected chi connectivity index (χ2v) is 11.4. The first-order chi connectivity index (χ1) is 19.4. The van der Waals surface area contributed by atoms with Gasteiger partial charge in [0.15, 0.2) is 0 Å². The first-order valence-electron chi connectivity index (χ1n) is 13.5. The summed E-state index contributed by atoms with van der Waals surface area (Å²) in [5.74, 6) is 0.448. The van der Waals surface area contributed by atoms with E-state index in [1.165, 1.54) is 17.8 Å². The van der Waals surface area contributed by atoms with E-state index in [1.807, 2.05) is 13.0 Å². The topological polar surface area (TPSA) is 138 Å². The van der Waals surface area contributed by atoms with Crippen LogP contribution in [0.15, 0.2) is 59.9 Å². The summed E-state index contributed by atoms with van der Waals surface area (Å²) in [6, 6.07) is 6.45. The van der Waals surface area contributed by atoms with Crippen molar-refractivity contribution in [1.82, 2.24) is 31.2 Å². The lowest BCUT2D eigenvalue weighted by Crippen LogP contribution is -2.62. The highest BCUT2D eigenvalue weighted by Crippen LogP contribution is 2.48. The van der Waals surface area contributed by atoms with Crippen molar-refractivity contribution >= 4 is 35.3 Å². The Morgan fingerprint density at radius 3 is 2.77 bits per heavy atom. The Morgan fingerprint density at radius 2 is 2.02 bits per heavy atom. The Bertz CT molecular complexity index is 1380. The van der Waals surface area contributed by atoms with Crippen molar-refractivity contribution in [2.45, 2.75) is 56.1 Å². The number of amides is 4. The zero-order valence-corrected chi connectivity index (χ0v) is 22.9. The van der Waals surface area contributed by atoms with E-state index in [9.17, 15) is 14.4 Å². The average Bonchev–Trinajstić information content (AvgIpc) is 3.55. The van der Waals surface area contributed by atoms with Gasteiger partial charge in [0.05, 0.1) is 33.9 Å². The van der Waals surface area contributed by atoms with Gasteiger partial charge in [-0.05, 0) is 63.4 Å². The number of hydrogen-bond donors (Lipinski definition) is 4. The number of urea groups is 1. The zero-order valence-electron chi connectivity index (χ0n) is 22.1. The Balaban J connectivity index is 1.22. The summed E-state index contributed by atoms with van der Waals surface area (Å²) in [7, 11) is 0. The number of piperidine rings is 1. The van der Waals surface area contributed by atoms with Gasteiger partial charge in [0.2, 0.25) is 11.8 Å². The van der Waals surface area contributed by atoms with Crippen LogP contribution in [0.25, 0.3) is 0 Å². The van der Waals surface area contributed by atoms with Crippen LogP contribution in [0, 0.1) is 12.8 Å². The molecule has 40 heavy (non-hydrogen) atoms. The maximum atomic E-state index is 13.6. The standard InChI is InChI=1S/C28H31N7O4S/c1-3-21(36)32-17-7-4-8-18(17)33-26(37)25-24-23-20(11-13-30-27(23)40-25)35(28(38)34-24)19-9-10-22(31-15(19)2)39-16-6-5-12-29-14-16/h3,5-6,9-10,12,14,17-18,20,23,27,30H,1,4,7-8,11,13H2,2H3,(H,32,36)(H,33,37)(H,34,38)/t17-,18+,20?,23?,27?/m0/s1. The molecule has 0 spiro atoms. The van der Waals surface area contributed by atoms with Gasteiger partial charge in [-0.2, -0.15) is 0 Å². The minimum absolute atomic E-state index is 0.0427. The van der Waals surface area contributed by atoms with Gasteiger partial charge in [0.25, 0.3) is 5.91 Å². The fourth-order valence-corrected chi connectivity index (χ4v) is 7.45. The van der Waals surface area contributed by atoms with Crippen molar-refractivity contribution in [3.63, 3.8) is 0 Å². The molecular weight excluding hydrogens is 530 g/mol. The molecular formula is C28H31N7O4S. The fraction of sp³-hybridized carbons (Fsp3) is 0.393. The number of pyridine rings is 2. The van der Waals surface area contributed by atoms with Gasteiger partial charge >= 0.3 is 6.03 Å². The van der Waals surface area contributed by atoms with Gasteiger partial charge in [-0.15, -0.1) is 0 Å². The van der Waals surface area contributed by atoms with E-state index in [1.54, 1.807) is 35.5 Å². The number of hydrogen-bond acceptors (Lipinski definition) is 8. The minimum Gasteiger partial charge on any atom is -0.437 e. The Hall–Kier alpha value is -3.90. The molecule has 3 unspecified atom stereocenters. The number of rotatable bonds is 7. The summed E-state index contributed by atoms with van der Waals surface area (Å²) in [6.45, 7) is 6.09. The first kappa shape index (κ1) is 26.3. The number of aryl methyl sites for hydroxylation is 1. The van der Waals surface area contributed by atoms with Gasteiger partial charge in [-0.25, -0.2) is 9.78 Å². The maximum absolute atomic E-state index is 13.6. The number of thioether (sulfide) groups is 1. The monoisotopic (exact) mass is 561 g/mol. The number of aromatic nitrogens is 2. The van der Waals surface area contributed by atoms with Crippen molar-refractivity contribution in [1.29, 1.82) is 0 Å². The second-order valence-electron chi connectivity index (χ2n) is 10.3. The van der Waals surface area contributed by atoms with E-state index in [-0.39, 0.29) is 47.3 Å². The zero-order chi connectivity index (χ0) is 27.8. The lowest BCUT2D eigenvalue weighted by molar-refractivity contribution is -0.119. The van der Waals surface area contributed by atoms with Crippen LogP contribution in [-0.2, 0) is 9.59 Å². The molecule has 1 saturated carbocycles. The molecule has 4 aliphatic rings. The van der Waals surface area contributed by atoms with Gasteiger partial charge < -0.3 is 26.0 Å². The van der Waals surface area contributed by atoms with Crippen LogP contribution in [0.2, 0.25) is 0 Å². The van der Waals surface area contributed by atoms with E-state index in [0.29, 0.717) is 33.6 Å². The summed E-state index contributed by atoms with van der Waals surface area (Å²) in [4.78, 5) is 49.9. The van der Waals surface area contributed by atoms with Gasteiger partial charge in [-0.1, -0.05) is 18.3 Å². The third kappa shape index (κ3) is 4.92. The highest BCUT2D eigenvalue weighted by Gasteiger charge is 2.52. The number of carbonyl (C=O) groups is 3. The molecule has 4 amide bonds. The molecule has 12 heteroatoms. The first-order valence-corrected chi connectivity index (χ1v) is 14.3. The molecule has 2 aromatic heterocycles. The molecule has 5 atom stereocenters. The van der Waals surface area contributed by atoms with Crippen molar-refractivity contribution in [3.8, 4) is 11.6 Å². The quantitative estimate of drug-likeness (QED) is 0.379.